The summed E-state index contributed by atoms with van der Waals surface area (Å²) in [5.74, 6) is -1.34. The lowest BCUT2D eigenvalue weighted by atomic mass is 10.0. The maximum absolute atomic E-state index is 12.4. The van der Waals surface area contributed by atoms with E-state index in [4.69, 9.17) is 0 Å². The lowest BCUT2D eigenvalue weighted by Crippen LogP contribution is -2.39. The van der Waals surface area contributed by atoms with Crippen LogP contribution in [0, 0.1) is 0 Å². The fraction of sp³-hybridized carbons (Fsp3) is 0.222. The van der Waals surface area contributed by atoms with E-state index in [0.29, 0.717) is 12.1 Å². The highest BCUT2D eigenvalue weighted by atomic mass is 16.3. The van der Waals surface area contributed by atoms with Gasteiger partial charge in [-0.15, -0.1) is 0 Å². The normalized spacial score (nSPS) is 11.6. The molecule has 0 spiro atoms. The molecule has 5 heteroatoms. The van der Waals surface area contributed by atoms with E-state index in [-0.39, 0.29) is 12.6 Å². The summed E-state index contributed by atoms with van der Waals surface area (Å²) in [5, 5.41) is 11.8. The third kappa shape index (κ3) is 4.40. The number of rotatable bonds is 5. The Bertz CT molecular complexity index is 644. The van der Waals surface area contributed by atoms with E-state index in [2.05, 4.69) is 5.32 Å². The van der Waals surface area contributed by atoms with Crippen LogP contribution in [0.5, 0.6) is 0 Å². The van der Waals surface area contributed by atoms with Crippen molar-refractivity contribution in [3.05, 3.63) is 66.2 Å². The van der Waals surface area contributed by atoms with E-state index >= 15 is 0 Å². The van der Waals surface area contributed by atoms with Crippen molar-refractivity contribution in [2.24, 2.45) is 0 Å². The number of para-hydroxylation sites is 1. The number of carbonyl (C=O) groups is 2. The van der Waals surface area contributed by atoms with Gasteiger partial charge in [-0.3, -0.25) is 9.59 Å². The lowest BCUT2D eigenvalue weighted by Gasteiger charge is -2.27. The van der Waals surface area contributed by atoms with Gasteiger partial charge in [0, 0.05) is 19.3 Å². The van der Waals surface area contributed by atoms with Gasteiger partial charge >= 0.3 is 11.8 Å². The summed E-state index contributed by atoms with van der Waals surface area (Å²) in [6.07, 6.45) is 0.366. The van der Waals surface area contributed by atoms with E-state index in [1.807, 2.05) is 36.4 Å². The number of amides is 2. The predicted octanol–water partition coefficient (Wildman–Crippen LogP) is 2.21. The Hall–Kier alpha value is -2.66. The number of nitrogens with zero attached hydrogens (tertiary/aromatic N) is 1. The molecule has 0 saturated carbocycles. The molecular formula is C18H20N2O3. The van der Waals surface area contributed by atoms with Crippen molar-refractivity contribution in [2.45, 2.75) is 12.5 Å². The smallest absolute Gasteiger partial charge is 0.313 e. The third-order valence-electron chi connectivity index (χ3n) is 3.60. The Morgan fingerprint density at radius 2 is 1.61 bits per heavy atom. The second-order valence-corrected chi connectivity index (χ2v) is 5.17. The fourth-order valence-electron chi connectivity index (χ4n) is 2.39. The molecule has 0 fully saturated rings. The van der Waals surface area contributed by atoms with Crippen molar-refractivity contribution in [3.8, 4) is 0 Å². The van der Waals surface area contributed by atoms with Crippen molar-refractivity contribution in [1.29, 1.82) is 0 Å². The molecule has 0 aliphatic rings. The van der Waals surface area contributed by atoms with Crippen LogP contribution < -0.4 is 5.32 Å². The van der Waals surface area contributed by atoms with Gasteiger partial charge < -0.3 is 15.3 Å². The first kappa shape index (κ1) is 16.7. The summed E-state index contributed by atoms with van der Waals surface area (Å²) in [5.41, 5.74) is 1.45. The van der Waals surface area contributed by atoms with Gasteiger partial charge in [0.2, 0.25) is 0 Å². The standard InChI is InChI=1S/C18H20N2O3/c1-20(16(12-13-21)14-8-4-2-5-9-14)18(23)17(22)19-15-10-6-3-7-11-15/h2-11,16,21H,12-13H2,1H3,(H,19,22). The van der Waals surface area contributed by atoms with Crippen molar-refractivity contribution < 1.29 is 14.7 Å². The highest BCUT2D eigenvalue weighted by molar-refractivity contribution is 6.39. The topological polar surface area (TPSA) is 69.6 Å². The Labute approximate surface area is 135 Å². The second kappa shape index (κ2) is 8.10. The average molecular weight is 312 g/mol. The maximum Gasteiger partial charge on any atom is 0.313 e. The molecule has 2 aromatic carbocycles. The van der Waals surface area contributed by atoms with E-state index in [9.17, 15) is 14.7 Å². The molecule has 5 nitrogen and oxygen atoms in total. The minimum atomic E-state index is -0.697. The van der Waals surface area contributed by atoms with E-state index in [1.54, 1.807) is 31.3 Å². The first-order valence-electron chi connectivity index (χ1n) is 7.42. The van der Waals surface area contributed by atoms with Crippen LogP contribution >= 0.6 is 0 Å². The van der Waals surface area contributed by atoms with Crippen LogP contribution in [0.1, 0.15) is 18.0 Å². The molecular weight excluding hydrogens is 292 g/mol. The van der Waals surface area contributed by atoms with Gasteiger partial charge in [-0.1, -0.05) is 48.5 Å². The first-order chi connectivity index (χ1) is 11.1. The third-order valence-corrected chi connectivity index (χ3v) is 3.60. The van der Waals surface area contributed by atoms with Gasteiger partial charge in [-0.05, 0) is 24.1 Å². The summed E-state index contributed by atoms with van der Waals surface area (Å²) in [7, 11) is 1.57. The molecule has 1 atom stereocenters. The van der Waals surface area contributed by atoms with Crippen molar-refractivity contribution in [2.75, 3.05) is 19.0 Å². The summed E-state index contributed by atoms with van der Waals surface area (Å²) >= 11 is 0. The van der Waals surface area contributed by atoms with Crippen LogP contribution in [-0.2, 0) is 9.59 Å². The van der Waals surface area contributed by atoms with Crippen LogP contribution in [0.15, 0.2) is 60.7 Å². The zero-order valence-corrected chi connectivity index (χ0v) is 13.0. The van der Waals surface area contributed by atoms with Gasteiger partial charge in [-0.2, -0.15) is 0 Å². The van der Waals surface area contributed by atoms with Crippen LogP contribution in [0.3, 0.4) is 0 Å². The van der Waals surface area contributed by atoms with Crippen LogP contribution in [-0.4, -0.2) is 35.5 Å². The number of benzene rings is 2. The molecule has 0 radical (unpaired) electrons. The largest absolute Gasteiger partial charge is 0.396 e. The van der Waals surface area contributed by atoms with Crippen molar-refractivity contribution in [3.63, 3.8) is 0 Å². The average Bonchev–Trinajstić information content (AvgIpc) is 2.60. The van der Waals surface area contributed by atoms with Gasteiger partial charge in [0.1, 0.15) is 0 Å². The fourth-order valence-corrected chi connectivity index (χ4v) is 2.39. The van der Waals surface area contributed by atoms with Gasteiger partial charge in [-0.25, -0.2) is 0 Å². The SMILES string of the molecule is CN(C(=O)C(=O)Nc1ccccc1)C(CCO)c1ccccc1. The van der Waals surface area contributed by atoms with E-state index in [1.165, 1.54) is 4.90 Å². The van der Waals surface area contributed by atoms with Crippen LogP contribution in [0.4, 0.5) is 5.69 Å². The van der Waals surface area contributed by atoms with Crippen molar-refractivity contribution in [1.82, 2.24) is 4.90 Å². The molecule has 2 aromatic rings. The predicted molar refractivity (Wildman–Crippen MR) is 88.7 cm³/mol. The highest BCUT2D eigenvalue weighted by Gasteiger charge is 2.26. The number of nitrogens with one attached hydrogen (secondary N) is 1. The van der Waals surface area contributed by atoms with Gasteiger partial charge in [0.15, 0.2) is 0 Å². The zero-order valence-electron chi connectivity index (χ0n) is 13.0. The zero-order chi connectivity index (χ0) is 16.7. The molecule has 2 rings (SSSR count). The van der Waals surface area contributed by atoms with Crippen LogP contribution in [0.2, 0.25) is 0 Å². The minimum absolute atomic E-state index is 0.0719. The Morgan fingerprint density at radius 3 is 2.17 bits per heavy atom. The monoisotopic (exact) mass is 312 g/mol. The molecule has 2 N–H and O–H groups in total. The van der Waals surface area contributed by atoms with Crippen molar-refractivity contribution >= 4 is 17.5 Å². The Balaban J connectivity index is 2.11. The molecule has 0 aliphatic carbocycles. The lowest BCUT2D eigenvalue weighted by molar-refractivity contribution is -0.144. The molecule has 0 aromatic heterocycles. The first-order valence-corrected chi connectivity index (χ1v) is 7.42. The summed E-state index contributed by atoms with van der Waals surface area (Å²) in [6, 6.07) is 17.8. The molecule has 1 unspecified atom stereocenters. The summed E-state index contributed by atoms with van der Waals surface area (Å²) in [6.45, 7) is -0.0719. The van der Waals surface area contributed by atoms with Crippen LogP contribution in [0.25, 0.3) is 0 Å². The number of aliphatic hydroxyl groups excluding tert-OH is 1. The second-order valence-electron chi connectivity index (χ2n) is 5.17. The Kier molecular flexibility index (Phi) is 5.88. The highest BCUT2D eigenvalue weighted by Crippen LogP contribution is 2.23. The van der Waals surface area contributed by atoms with E-state index in [0.717, 1.165) is 5.56 Å². The van der Waals surface area contributed by atoms with E-state index < -0.39 is 11.8 Å². The maximum atomic E-state index is 12.4. The summed E-state index contributed by atoms with van der Waals surface area (Å²) < 4.78 is 0. The number of likely N-dealkylation sites (N-methyl/N-ethyl adjacent to an activating group) is 1. The molecule has 23 heavy (non-hydrogen) atoms. The number of hydrogen-bond donors (Lipinski definition) is 2. The number of hydrogen-bond acceptors (Lipinski definition) is 3. The molecule has 0 heterocycles. The number of carbonyl (C=O) groups excluding carboxylic acids is 2. The molecule has 120 valence electrons. The quantitative estimate of drug-likeness (QED) is 0.832. The van der Waals surface area contributed by atoms with Gasteiger partial charge in [0.25, 0.3) is 0 Å². The molecule has 0 bridgehead atoms. The summed E-state index contributed by atoms with van der Waals surface area (Å²) in [4.78, 5) is 25.9. The number of anilines is 1. The molecule has 0 aliphatic heterocycles. The molecule has 0 saturated heterocycles. The Morgan fingerprint density at radius 1 is 1.04 bits per heavy atom. The number of aliphatic hydroxyl groups is 1. The molecule has 2 amide bonds. The van der Waals surface area contributed by atoms with Gasteiger partial charge in [0.05, 0.1) is 6.04 Å². The minimum Gasteiger partial charge on any atom is -0.396 e.